The topological polar surface area (TPSA) is 86.0 Å². The first-order valence-corrected chi connectivity index (χ1v) is 13.6. The van der Waals surface area contributed by atoms with Crippen LogP contribution in [0.25, 0.3) is 16.9 Å². The number of hydrogen-bond acceptors (Lipinski definition) is 7. The van der Waals surface area contributed by atoms with Gasteiger partial charge in [-0.1, -0.05) is 36.9 Å². The van der Waals surface area contributed by atoms with Crippen molar-refractivity contribution in [2.45, 2.75) is 39.7 Å². The van der Waals surface area contributed by atoms with Gasteiger partial charge in [0, 0.05) is 29.5 Å². The lowest BCUT2D eigenvalue weighted by Gasteiger charge is -2.38. The fourth-order valence-corrected chi connectivity index (χ4v) is 5.76. The lowest BCUT2D eigenvalue weighted by Crippen LogP contribution is -2.45. The highest BCUT2D eigenvalue weighted by Crippen LogP contribution is 2.44. The van der Waals surface area contributed by atoms with Crippen molar-refractivity contribution >= 4 is 28.8 Å². The van der Waals surface area contributed by atoms with Crippen LogP contribution >= 0.6 is 11.8 Å². The van der Waals surface area contributed by atoms with Gasteiger partial charge in [-0.3, -0.25) is 9.69 Å². The number of nitrogens with zero attached hydrogens (tertiary/aromatic N) is 4. The van der Waals surface area contributed by atoms with E-state index < -0.39 is 12.0 Å². The van der Waals surface area contributed by atoms with Gasteiger partial charge in [0.1, 0.15) is 11.8 Å². The Kier molecular flexibility index (Phi) is 7.37. The highest BCUT2D eigenvalue weighted by molar-refractivity contribution is 8.14. The van der Waals surface area contributed by atoms with Crippen molar-refractivity contribution in [3.8, 4) is 22.7 Å². The number of allylic oxidation sites excluding steroid dienone is 1. The maximum atomic E-state index is 13.3. The molecule has 1 aromatic heterocycles. The summed E-state index contributed by atoms with van der Waals surface area (Å²) in [7, 11) is 1.35. The molecule has 3 heterocycles. The summed E-state index contributed by atoms with van der Waals surface area (Å²) in [6.07, 6.45) is 3.18. The molecule has 0 radical (unpaired) electrons. The Hall–Kier alpha value is -3.85. The zero-order valence-corrected chi connectivity index (χ0v) is 22.7. The number of ether oxygens (including phenoxy) is 2. The van der Waals surface area contributed by atoms with Gasteiger partial charge in [0.2, 0.25) is 5.91 Å². The molecule has 1 amide bonds. The fraction of sp³-hybridized carbons (Fsp3) is 0.310. The quantitative estimate of drug-likeness (QED) is 0.377. The number of aromatic nitrogens is 2. The van der Waals surface area contributed by atoms with E-state index in [1.165, 1.54) is 18.9 Å². The molecule has 0 N–H and O–H groups in total. The van der Waals surface area contributed by atoms with E-state index in [9.17, 15) is 9.59 Å². The van der Waals surface area contributed by atoms with Gasteiger partial charge in [0.05, 0.1) is 36.4 Å². The summed E-state index contributed by atoms with van der Waals surface area (Å²) in [5.41, 5.74) is 4.96. The van der Waals surface area contributed by atoms with Gasteiger partial charge in [-0.15, -0.1) is 0 Å². The van der Waals surface area contributed by atoms with E-state index in [0.717, 1.165) is 34.5 Å². The zero-order chi connectivity index (χ0) is 26.8. The lowest BCUT2D eigenvalue weighted by molar-refractivity contribution is -0.137. The van der Waals surface area contributed by atoms with Gasteiger partial charge >= 0.3 is 5.97 Å². The van der Waals surface area contributed by atoms with Gasteiger partial charge in [0.25, 0.3) is 0 Å². The Labute approximate surface area is 226 Å². The van der Waals surface area contributed by atoms with Crippen LogP contribution in [0.5, 0.6) is 5.75 Å². The number of rotatable bonds is 7. The van der Waals surface area contributed by atoms with Crippen LogP contribution in [0, 0.1) is 6.92 Å². The fourth-order valence-electron chi connectivity index (χ4n) is 4.76. The van der Waals surface area contributed by atoms with Crippen molar-refractivity contribution in [2.75, 3.05) is 19.5 Å². The van der Waals surface area contributed by atoms with E-state index in [0.29, 0.717) is 40.9 Å². The number of carbonyl (C=O) groups is 2. The van der Waals surface area contributed by atoms with Gasteiger partial charge in [-0.05, 0) is 56.2 Å². The standard InChI is InChI=1S/C29H30N4O4S/c1-5-14-37-23-12-11-20(16-18(23)2)26-22(17-32(31-26)21-9-7-6-8-10-21)27-25(28(35)36-4)19(3)30-29-33(27)24(34)13-15-38-29/h6-12,16-17,27H,5,13-15H2,1-4H3/t27-/m1/s1. The Morgan fingerprint density at radius 1 is 1.16 bits per heavy atom. The monoisotopic (exact) mass is 530 g/mol. The lowest BCUT2D eigenvalue weighted by atomic mass is 9.92. The third-order valence-electron chi connectivity index (χ3n) is 6.58. The number of carbonyl (C=O) groups excluding carboxylic acids is 2. The van der Waals surface area contributed by atoms with E-state index in [2.05, 4.69) is 11.9 Å². The summed E-state index contributed by atoms with van der Waals surface area (Å²) in [5, 5.41) is 5.57. The first-order chi connectivity index (χ1) is 18.4. The predicted molar refractivity (Wildman–Crippen MR) is 148 cm³/mol. The molecule has 2 aliphatic rings. The van der Waals surface area contributed by atoms with Crippen molar-refractivity contribution in [3.05, 3.63) is 77.1 Å². The number of esters is 1. The van der Waals surface area contributed by atoms with Crippen molar-refractivity contribution < 1.29 is 19.1 Å². The predicted octanol–water partition coefficient (Wildman–Crippen LogP) is 5.46. The highest BCUT2D eigenvalue weighted by Gasteiger charge is 2.43. The molecule has 0 aliphatic carbocycles. The molecule has 3 aromatic rings. The van der Waals surface area contributed by atoms with Crippen LogP contribution in [0.1, 0.15) is 43.9 Å². The number of amides is 1. The molecular formula is C29H30N4O4S. The molecule has 1 fully saturated rings. The van der Waals surface area contributed by atoms with Crippen LogP contribution in [0.4, 0.5) is 0 Å². The minimum absolute atomic E-state index is 0.0840. The molecule has 196 valence electrons. The molecular weight excluding hydrogens is 500 g/mol. The molecule has 0 unspecified atom stereocenters. The summed E-state index contributed by atoms with van der Waals surface area (Å²) < 4.78 is 12.9. The average molecular weight is 531 g/mol. The van der Waals surface area contributed by atoms with Crippen LogP contribution in [-0.4, -0.2) is 51.2 Å². The second-order valence-corrected chi connectivity index (χ2v) is 10.3. The normalized spacial score (nSPS) is 17.3. The van der Waals surface area contributed by atoms with Crippen LogP contribution in [-0.2, 0) is 14.3 Å². The number of fused-ring (bicyclic) bond motifs is 1. The molecule has 38 heavy (non-hydrogen) atoms. The van der Waals surface area contributed by atoms with Crippen LogP contribution in [0.15, 0.2) is 71.0 Å². The molecule has 0 bridgehead atoms. The molecule has 0 spiro atoms. The third-order valence-corrected chi connectivity index (χ3v) is 7.53. The first-order valence-electron chi connectivity index (χ1n) is 12.6. The molecule has 8 nitrogen and oxygen atoms in total. The molecule has 2 aromatic carbocycles. The Morgan fingerprint density at radius 2 is 1.95 bits per heavy atom. The minimum Gasteiger partial charge on any atom is -0.493 e. The second kappa shape index (κ2) is 10.9. The number of para-hydroxylation sites is 1. The molecule has 0 saturated carbocycles. The van der Waals surface area contributed by atoms with E-state index in [1.807, 2.05) is 61.7 Å². The molecule has 1 saturated heterocycles. The van der Waals surface area contributed by atoms with Crippen LogP contribution < -0.4 is 4.74 Å². The molecule has 5 rings (SSSR count). The van der Waals surface area contributed by atoms with Gasteiger partial charge < -0.3 is 9.47 Å². The highest BCUT2D eigenvalue weighted by atomic mass is 32.2. The molecule has 1 atom stereocenters. The van der Waals surface area contributed by atoms with Crippen molar-refractivity contribution in [3.63, 3.8) is 0 Å². The van der Waals surface area contributed by atoms with E-state index in [1.54, 1.807) is 16.5 Å². The third kappa shape index (κ3) is 4.74. The zero-order valence-electron chi connectivity index (χ0n) is 21.9. The number of aliphatic imine (C=N–C) groups is 1. The smallest absolute Gasteiger partial charge is 0.338 e. The van der Waals surface area contributed by atoms with Crippen molar-refractivity contribution in [1.29, 1.82) is 0 Å². The summed E-state index contributed by atoms with van der Waals surface area (Å²) in [6, 6.07) is 15.0. The summed E-state index contributed by atoms with van der Waals surface area (Å²) in [6.45, 7) is 6.50. The van der Waals surface area contributed by atoms with Gasteiger partial charge in [-0.2, -0.15) is 5.10 Å². The summed E-state index contributed by atoms with van der Waals surface area (Å²) >= 11 is 1.52. The van der Waals surface area contributed by atoms with E-state index in [4.69, 9.17) is 14.6 Å². The van der Waals surface area contributed by atoms with Crippen molar-refractivity contribution in [1.82, 2.24) is 14.7 Å². The molecule has 2 aliphatic heterocycles. The average Bonchev–Trinajstić information content (AvgIpc) is 3.37. The number of benzene rings is 2. The Bertz CT molecular complexity index is 1440. The second-order valence-electron chi connectivity index (χ2n) is 9.19. The summed E-state index contributed by atoms with van der Waals surface area (Å²) in [4.78, 5) is 32.7. The largest absolute Gasteiger partial charge is 0.493 e. The van der Waals surface area contributed by atoms with Gasteiger partial charge in [0.15, 0.2) is 5.17 Å². The number of thioether (sulfide) groups is 1. The number of methoxy groups -OCH3 is 1. The van der Waals surface area contributed by atoms with E-state index in [-0.39, 0.29) is 5.91 Å². The maximum absolute atomic E-state index is 13.3. The van der Waals surface area contributed by atoms with Crippen molar-refractivity contribution in [2.24, 2.45) is 4.99 Å². The first kappa shape index (κ1) is 25.8. The van der Waals surface area contributed by atoms with Crippen LogP contribution in [0.2, 0.25) is 0 Å². The number of aryl methyl sites for hydroxylation is 1. The SMILES string of the molecule is CCCOc1ccc(-c2nn(-c3ccccc3)cc2[C@@H]2C(C(=O)OC)=C(C)N=C3SCCC(=O)N32)cc1C. The van der Waals surface area contributed by atoms with E-state index >= 15 is 0 Å². The Balaban J connectivity index is 1.72. The number of hydrogen-bond donors (Lipinski definition) is 0. The summed E-state index contributed by atoms with van der Waals surface area (Å²) in [5.74, 6) is 0.868. The Morgan fingerprint density at radius 3 is 2.66 bits per heavy atom. The maximum Gasteiger partial charge on any atom is 0.338 e. The minimum atomic E-state index is -0.723. The molecule has 9 heteroatoms. The van der Waals surface area contributed by atoms with Crippen LogP contribution in [0.3, 0.4) is 0 Å². The van der Waals surface area contributed by atoms with Gasteiger partial charge in [-0.25, -0.2) is 14.5 Å². The number of amidine groups is 1.